The molecule has 6 heteroatoms. The van der Waals surface area contributed by atoms with Crippen LogP contribution in [0.2, 0.25) is 0 Å². The van der Waals surface area contributed by atoms with E-state index in [1.807, 2.05) is 12.1 Å². The van der Waals surface area contributed by atoms with Crippen LogP contribution in [-0.2, 0) is 6.42 Å². The molecule has 0 saturated carbocycles. The van der Waals surface area contributed by atoms with Gasteiger partial charge >= 0.3 is 0 Å². The average Bonchev–Trinajstić information content (AvgIpc) is 2.18. The van der Waals surface area contributed by atoms with Crippen LogP contribution in [-0.4, -0.2) is 23.4 Å². The van der Waals surface area contributed by atoms with Crippen LogP contribution in [0.15, 0.2) is 34.5 Å². The summed E-state index contributed by atoms with van der Waals surface area (Å²) in [5.41, 5.74) is 16.8. The first-order valence-electron chi connectivity index (χ1n) is 4.47. The molecule has 0 atom stereocenters. The van der Waals surface area contributed by atoms with E-state index < -0.39 is 0 Å². The molecule has 0 radical (unpaired) electrons. The van der Waals surface area contributed by atoms with Crippen LogP contribution in [0.25, 0.3) is 0 Å². The Morgan fingerprint density at radius 1 is 1.20 bits per heavy atom. The first kappa shape index (κ1) is 11.0. The predicted octanol–water partition coefficient (Wildman–Crippen LogP) is -0.788. The third kappa shape index (κ3) is 4.61. The fraction of sp³-hybridized carbons (Fsp3) is 0.222. The first-order valence-corrected chi connectivity index (χ1v) is 4.47. The molecule has 0 fully saturated rings. The maximum atomic E-state index is 5.43. The molecule has 0 aliphatic carbocycles. The molecular weight excluding hydrogens is 192 g/mol. The summed E-state index contributed by atoms with van der Waals surface area (Å²) >= 11 is 0. The highest BCUT2D eigenvalue weighted by Crippen LogP contribution is 1.97. The minimum Gasteiger partial charge on any atom is -0.370 e. The number of aromatic nitrogens is 1. The lowest BCUT2D eigenvalue weighted by atomic mass is 10.2. The van der Waals surface area contributed by atoms with Gasteiger partial charge in [0, 0.05) is 18.9 Å². The van der Waals surface area contributed by atoms with Gasteiger partial charge in [0.1, 0.15) is 0 Å². The van der Waals surface area contributed by atoms with Crippen molar-refractivity contribution in [2.24, 2.45) is 27.2 Å². The Labute approximate surface area is 87.9 Å². The van der Waals surface area contributed by atoms with Crippen molar-refractivity contribution in [1.29, 1.82) is 0 Å². The molecule has 1 rings (SSSR count). The van der Waals surface area contributed by atoms with Crippen LogP contribution in [0.1, 0.15) is 5.56 Å². The highest BCUT2D eigenvalue weighted by molar-refractivity contribution is 5.92. The van der Waals surface area contributed by atoms with Gasteiger partial charge in [-0.2, -0.15) is 4.99 Å². The number of hydrogen-bond acceptors (Lipinski definition) is 2. The molecule has 0 aromatic carbocycles. The van der Waals surface area contributed by atoms with Gasteiger partial charge in [-0.15, -0.1) is 0 Å². The summed E-state index contributed by atoms with van der Waals surface area (Å²) in [4.78, 5) is 11.5. The Kier molecular flexibility index (Phi) is 4.08. The molecule has 80 valence electrons. The van der Waals surface area contributed by atoms with Gasteiger partial charge in [-0.25, -0.2) is 0 Å². The molecule has 0 aliphatic heterocycles. The van der Waals surface area contributed by atoms with E-state index in [-0.39, 0.29) is 11.9 Å². The lowest BCUT2D eigenvalue weighted by molar-refractivity contribution is 0.958. The van der Waals surface area contributed by atoms with Crippen LogP contribution in [0.5, 0.6) is 0 Å². The van der Waals surface area contributed by atoms with Gasteiger partial charge in [0.05, 0.1) is 0 Å². The molecule has 1 aromatic rings. The Morgan fingerprint density at radius 2 is 1.87 bits per heavy atom. The van der Waals surface area contributed by atoms with Crippen molar-refractivity contribution in [2.45, 2.75) is 6.42 Å². The lowest BCUT2D eigenvalue weighted by Crippen LogP contribution is -2.26. The maximum absolute atomic E-state index is 5.43. The molecular formula is C9H14N6. The van der Waals surface area contributed by atoms with Crippen molar-refractivity contribution in [3.05, 3.63) is 30.1 Å². The second kappa shape index (κ2) is 5.58. The molecule has 0 bridgehead atoms. The van der Waals surface area contributed by atoms with E-state index in [1.165, 1.54) is 0 Å². The monoisotopic (exact) mass is 206 g/mol. The van der Waals surface area contributed by atoms with Gasteiger partial charge in [-0.3, -0.25) is 9.98 Å². The predicted molar refractivity (Wildman–Crippen MR) is 60.2 cm³/mol. The summed E-state index contributed by atoms with van der Waals surface area (Å²) in [7, 11) is 0. The normalized spacial score (nSPS) is 11.1. The fourth-order valence-corrected chi connectivity index (χ4v) is 1.02. The van der Waals surface area contributed by atoms with Crippen LogP contribution >= 0.6 is 0 Å². The largest absolute Gasteiger partial charge is 0.370 e. The van der Waals surface area contributed by atoms with Gasteiger partial charge in [-0.1, -0.05) is 0 Å². The van der Waals surface area contributed by atoms with Gasteiger partial charge in [0.25, 0.3) is 0 Å². The number of nitrogens with two attached hydrogens (primary N) is 3. The van der Waals surface area contributed by atoms with Crippen molar-refractivity contribution in [3.8, 4) is 0 Å². The van der Waals surface area contributed by atoms with Crippen molar-refractivity contribution in [3.63, 3.8) is 0 Å². The van der Waals surface area contributed by atoms with Crippen LogP contribution in [0, 0.1) is 0 Å². The minimum absolute atomic E-state index is 0.0832. The van der Waals surface area contributed by atoms with Crippen molar-refractivity contribution >= 4 is 11.9 Å². The molecule has 0 unspecified atom stereocenters. The Morgan fingerprint density at radius 3 is 2.47 bits per heavy atom. The standard InChI is InChI=1S/C9H14N6/c10-8(11)15-9(12)14-6-3-7-1-4-13-5-2-7/h1-2,4-5H,3,6H2,(H6,10,11,12,14,15). The van der Waals surface area contributed by atoms with Crippen LogP contribution in [0.4, 0.5) is 0 Å². The molecule has 0 amide bonds. The number of hydrogen-bond donors (Lipinski definition) is 3. The molecule has 15 heavy (non-hydrogen) atoms. The fourth-order valence-electron chi connectivity index (χ4n) is 1.02. The first-order chi connectivity index (χ1) is 7.18. The van der Waals surface area contributed by atoms with E-state index in [2.05, 4.69) is 15.0 Å². The molecule has 0 saturated heterocycles. The Bertz CT molecular complexity index is 352. The van der Waals surface area contributed by atoms with E-state index in [0.717, 1.165) is 12.0 Å². The summed E-state index contributed by atoms with van der Waals surface area (Å²) in [6, 6.07) is 3.85. The van der Waals surface area contributed by atoms with Crippen molar-refractivity contribution < 1.29 is 0 Å². The van der Waals surface area contributed by atoms with Crippen molar-refractivity contribution in [2.75, 3.05) is 6.54 Å². The highest BCUT2D eigenvalue weighted by Gasteiger charge is 1.92. The highest BCUT2D eigenvalue weighted by atomic mass is 15.1. The van der Waals surface area contributed by atoms with E-state index in [4.69, 9.17) is 17.2 Å². The third-order valence-electron chi connectivity index (χ3n) is 1.67. The summed E-state index contributed by atoms with van der Waals surface area (Å²) in [6.45, 7) is 0.548. The average molecular weight is 206 g/mol. The van der Waals surface area contributed by atoms with Crippen LogP contribution in [0.3, 0.4) is 0 Å². The van der Waals surface area contributed by atoms with E-state index in [9.17, 15) is 0 Å². The molecule has 1 heterocycles. The lowest BCUT2D eigenvalue weighted by Gasteiger charge is -1.97. The zero-order chi connectivity index (χ0) is 11.1. The number of aliphatic imine (C=N–C) groups is 2. The smallest absolute Gasteiger partial charge is 0.218 e. The summed E-state index contributed by atoms with van der Waals surface area (Å²) in [5, 5.41) is 0. The minimum atomic E-state index is -0.0832. The molecule has 0 aliphatic rings. The van der Waals surface area contributed by atoms with Crippen LogP contribution < -0.4 is 17.2 Å². The van der Waals surface area contributed by atoms with Gasteiger partial charge in [-0.05, 0) is 24.1 Å². The SMILES string of the molecule is NC(N)=NC(N)=NCCc1ccncc1. The quantitative estimate of drug-likeness (QED) is 0.444. The molecule has 0 spiro atoms. The molecule has 1 aromatic heterocycles. The number of nitrogens with zero attached hydrogens (tertiary/aromatic N) is 3. The number of guanidine groups is 2. The Hall–Kier alpha value is -2.11. The van der Waals surface area contributed by atoms with E-state index in [0.29, 0.717) is 6.54 Å². The third-order valence-corrected chi connectivity index (χ3v) is 1.67. The van der Waals surface area contributed by atoms with Gasteiger partial charge in [0.15, 0.2) is 5.96 Å². The van der Waals surface area contributed by atoms with E-state index in [1.54, 1.807) is 12.4 Å². The molecule has 6 N–H and O–H groups in total. The topological polar surface area (TPSA) is 116 Å². The van der Waals surface area contributed by atoms with Gasteiger partial charge in [0.2, 0.25) is 5.96 Å². The number of pyridine rings is 1. The van der Waals surface area contributed by atoms with E-state index >= 15 is 0 Å². The zero-order valence-electron chi connectivity index (χ0n) is 8.30. The Balaban J connectivity index is 2.42. The molecule has 6 nitrogen and oxygen atoms in total. The summed E-state index contributed by atoms with van der Waals surface area (Å²) < 4.78 is 0. The summed E-state index contributed by atoms with van der Waals surface area (Å²) in [6.07, 6.45) is 4.25. The second-order valence-corrected chi connectivity index (χ2v) is 2.88. The number of rotatable bonds is 3. The maximum Gasteiger partial charge on any atom is 0.218 e. The summed E-state index contributed by atoms with van der Waals surface area (Å²) in [5.74, 6) is 0.0178. The zero-order valence-corrected chi connectivity index (χ0v) is 8.30. The second-order valence-electron chi connectivity index (χ2n) is 2.88. The van der Waals surface area contributed by atoms with Crippen molar-refractivity contribution in [1.82, 2.24) is 4.98 Å². The van der Waals surface area contributed by atoms with Gasteiger partial charge < -0.3 is 17.2 Å².